The van der Waals surface area contributed by atoms with Gasteiger partial charge < -0.3 is 10.0 Å². The first-order chi connectivity index (χ1) is 11.1. The molecule has 1 fully saturated rings. The summed E-state index contributed by atoms with van der Waals surface area (Å²) in [5.74, 6) is -1.31. The number of carbonyl (C=O) groups is 2. The SMILES string of the molecule is O=C(O)C1CCN(C(=O)Nc2nc(Cc3ccccc3)cs2)C1. The zero-order chi connectivity index (χ0) is 16.2. The first kappa shape index (κ1) is 15.5. The van der Waals surface area contributed by atoms with Crippen LogP contribution in [0.4, 0.5) is 9.93 Å². The fourth-order valence-electron chi connectivity index (χ4n) is 2.57. The predicted molar refractivity (Wildman–Crippen MR) is 87.7 cm³/mol. The molecule has 23 heavy (non-hydrogen) atoms. The number of likely N-dealkylation sites (tertiary alicyclic amines) is 1. The molecule has 2 N–H and O–H groups in total. The molecule has 6 nitrogen and oxygen atoms in total. The quantitative estimate of drug-likeness (QED) is 0.902. The second kappa shape index (κ2) is 6.78. The highest BCUT2D eigenvalue weighted by molar-refractivity contribution is 7.13. The Balaban J connectivity index is 1.57. The van der Waals surface area contributed by atoms with Gasteiger partial charge in [-0.3, -0.25) is 10.1 Å². The minimum atomic E-state index is -0.848. The zero-order valence-electron chi connectivity index (χ0n) is 12.4. The molecule has 2 aromatic rings. The van der Waals surface area contributed by atoms with E-state index in [9.17, 15) is 9.59 Å². The van der Waals surface area contributed by atoms with Crippen molar-refractivity contribution in [1.29, 1.82) is 0 Å². The summed E-state index contributed by atoms with van der Waals surface area (Å²) in [6.07, 6.45) is 1.22. The van der Waals surface area contributed by atoms with Crippen LogP contribution in [-0.4, -0.2) is 40.1 Å². The Morgan fingerprint density at radius 2 is 2.13 bits per heavy atom. The monoisotopic (exact) mass is 331 g/mol. The van der Waals surface area contributed by atoms with E-state index < -0.39 is 11.9 Å². The van der Waals surface area contributed by atoms with Crippen molar-refractivity contribution in [2.75, 3.05) is 18.4 Å². The molecule has 7 heteroatoms. The van der Waals surface area contributed by atoms with Crippen molar-refractivity contribution in [2.45, 2.75) is 12.8 Å². The normalized spacial score (nSPS) is 17.2. The molecule has 1 aliphatic heterocycles. The van der Waals surface area contributed by atoms with E-state index in [1.54, 1.807) is 0 Å². The van der Waals surface area contributed by atoms with E-state index in [2.05, 4.69) is 10.3 Å². The molecule has 0 spiro atoms. The van der Waals surface area contributed by atoms with Crippen LogP contribution in [0.25, 0.3) is 0 Å². The molecule has 0 saturated carbocycles. The first-order valence-corrected chi connectivity index (χ1v) is 8.27. The molecule has 2 heterocycles. The third-order valence-corrected chi connectivity index (χ3v) is 4.62. The van der Waals surface area contributed by atoms with Crippen LogP contribution in [0.2, 0.25) is 0 Å². The Bertz CT molecular complexity index is 702. The van der Waals surface area contributed by atoms with Crippen LogP contribution in [-0.2, 0) is 11.2 Å². The van der Waals surface area contributed by atoms with E-state index >= 15 is 0 Å². The standard InChI is InChI=1S/C16H17N3O3S/c20-14(21)12-6-7-19(9-12)16(22)18-15-17-13(10-23-15)8-11-4-2-1-3-5-11/h1-5,10,12H,6-9H2,(H,20,21)(H,17,18,22). The third-order valence-electron chi connectivity index (χ3n) is 3.82. The van der Waals surface area contributed by atoms with E-state index in [4.69, 9.17) is 5.11 Å². The summed E-state index contributed by atoms with van der Waals surface area (Å²) in [6, 6.07) is 9.72. The molecule has 1 saturated heterocycles. The largest absolute Gasteiger partial charge is 0.481 e. The topological polar surface area (TPSA) is 82.5 Å². The average Bonchev–Trinajstić information content (AvgIpc) is 3.18. The van der Waals surface area contributed by atoms with Gasteiger partial charge in [0.2, 0.25) is 0 Å². The van der Waals surface area contributed by atoms with E-state index in [0.29, 0.717) is 18.1 Å². The van der Waals surface area contributed by atoms with E-state index in [0.717, 1.165) is 12.1 Å². The summed E-state index contributed by atoms with van der Waals surface area (Å²) in [6.45, 7) is 0.717. The fourth-order valence-corrected chi connectivity index (χ4v) is 3.27. The predicted octanol–water partition coefficient (Wildman–Crippen LogP) is 2.67. The van der Waals surface area contributed by atoms with Crippen LogP contribution in [0, 0.1) is 5.92 Å². The van der Waals surface area contributed by atoms with Crippen LogP contribution in [0.1, 0.15) is 17.7 Å². The summed E-state index contributed by atoms with van der Waals surface area (Å²) in [5.41, 5.74) is 2.07. The number of nitrogens with zero attached hydrogens (tertiary/aromatic N) is 2. The Morgan fingerprint density at radius 3 is 2.83 bits per heavy atom. The van der Waals surface area contributed by atoms with Crippen LogP contribution >= 0.6 is 11.3 Å². The number of urea groups is 1. The molecule has 120 valence electrons. The number of hydrogen-bond acceptors (Lipinski definition) is 4. The van der Waals surface area contributed by atoms with Crippen molar-refractivity contribution >= 4 is 28.5 Å². The van der Waals surface area contributed by atoms with E-state index in [-0.39, 0.29) is 12.6 Å². The maximum absolute atomic E-state index is 12.1. The van der Waals surface area contributed by atoms with Gasteiger partial charge in [-0.2, -0.15) is 0 Å². The van der Waals surface area contributed by atoms with Gasteiger partial charge in [0, 0.05) is 24.9 Å². The Morgan fingerprint density at radius 1 is 1.35 bits per heavy atom. The molecule has 1 unspecified atom stereocenters. The summed E-state index contributed by atoms with van der Waals surface area (Å²) >= 11 is 1.38. The number of aliphatic carboxylic acids is 1. The van der Waals surface area contributed by atoms with Gasteiger partial charge in [-0.15, -0.1) is 11.3 Å². The number of nitrogens with one attached hydrogen (secondary N) is 1. The van der Waals surface area contributed by atoms with Crippen LogP contribution in [0.15, 0.2) is 35.7 Å². The molecular formula is C16H17N3O3S. The smallest absolute Gasteiger partial charge is 0.323 e. The molecule has 1 aromatic heterocycles. The van der Waals surface area contributed by atoms with Gasteiger partial charge in [0.25, 0.3) is 0 Å². The summed E-state index contributed by atoms with van der Waals surface area (Å²) in [5, 5.41) is 14.2. The van der Waals surface area contributed by atoms with Crippen molar-refractivity contribution in [2.24, 2.45) is 5.92 Å². The fraction of sp³-hybridized carbons (Fsp3) is 0.312. The van der Waals surface area contributed by atoms with Crippen molar-refractivity contribution in [3.05, 3.63) is 47.0 Å². The lowest BCUT2D eigenvalue weighted by Crippen LogP contribution is -2.33. The lowest BCUT2D eigenvalue weighted by atomic mass is 10.1. The summed E-state index contributed by atoms with van der Waals surface area (Å²) in [7, 11) is 0. The van der Waals surface area contributed by atoms with Gasteiger partial charge >= 0.3 is 12.0 Å². The first-order valence-electron chi connectivity index (χ1n) is 7.39. The molecule has 0 aliphatic carbocycles. The maximum atomic E-state index is 12.1. The van der Waals surface area contributed by atoms with Gasteiger partial charge in [0.05, 0.1) is 11.6 Å². The number of benzene rings is 1. The number of anilines is 1. The molecule has 0 bridgehead atoms. The Hall–Kier alpha value is -2.41. The second-order valence-corrected chi connectivity index (χ2v) is 6.36. The number of hydrogen-bond donors (Lipinski definition) is 2. The maximum Gasteiger partial charge on any atom is 0.323 e. The highest BCUT2D eigenvalue weighted by Crippen LogP contribution is 2.21. The van der Waals surface area contributed by atoms with E-state index in [1.165, 1.54) is 21.8 Å². The average molecular weight is 331 g/mol. The molecule has 3 rings (SSSR count). The highest BCUT2D eigenvalue weighted by atomic mass is 32.1. The van der Waals surface area contributed by atoms with Crippen molar-refractivity contribution in [3.63, 3.8) is 0 Å². The van der Waals surface area contributed by atoms with Gasteiger partial charge in [-0.1, -0.05) is 30.3 Å². The van der Waals surface area contributed by atoms with Crippen LogP contribution in [0.3, 0.4) is 0 Å². The van der Waals surface area contributed by atoms with Gasteiger partial charge in [0.15, 0.2) is 5.13 Å². The molecule has 1 atom stereocenters. The van der Waals surface area contributed by atoms with Gasteiger partial charge in [0.1, 0.15) is 0 Å². The molecule has 0 radical (unpaired) electrons. The number of carboxylic acid groups (broad SMARTS) is 1. The number of amides is 2. The molecule has 1 aliphatic rings. The van der Waals surface area contributed by atoms with Gasteiger partial charge in [-0.05, 0) is 12.0 Å². The lowest BCUT2D eigenvalue weighted by Gasteiger charge is -2.15. The Kier molecular flexibility index (Phi) is 4.57. The van der Waals surface area contributed by atoms with Gasteiger partial charge in [-0.25, -0.2) is 9.78 Å². The van der Waals surface area contributed by atoms with Crippen LogP contribution < -0.4 is 5.32 Å². The lowest BCUT2D eigenvalue weighted by molar-refractivity contribution is -0.141. The molecule has 1 aromatic carbocycles. The minimum Gasteiger partial charge on any atom is -0.481 e. The zero-order valence-corrected chi connectivity index (χ0v) is 13.3. The number of aromatic nitrogens is 1. The summed E-state index contributed by atoms with van der Waals surface area (Å²) < 4.78 is 0. The minimum absolute atomic E-state index is 0.253. The summed E-state index contributed by atoms with van der Waals surface area (Å²) in [4.78, 5) is 29.0. The highest BCUT2D eigenvalue weighted by Gasteiger charge is 2.31. The van der Waals surface area contributed by atoms with Crippen LogP contribution in [0.5, 0.6) is 0 Å². The number of thiazole rings is 1. The number of carboxylic acids is 1. The number of carbonyl (C=O) groups excluding carboxylic acids is 1. The molecular weight excluding hydrogens is 314 g/mol. The second-order valence-electron chi connectivity index (χ2n) is 5.51. The number of rotatable bonds is 4. The van der Waals surface area contributed by atoms with Crippen molar-refractivity contribution < 1.29 is 14.7 Å². The van der Waals surface area contributed by atoms with Crippen molar-refractivity contribution in [1.82, 2.24) is 9.88 Å². The van der Waals surface area contributed by atoms with E-state index in [1.807, 2.05) is 35.7 Å². The molecule has 2 amide bonds. The third kappa shape index (κ3) is 3.87. The van der Waals surface area contributed by atoms with Crippen molar-refractivity contribution in [3.8, 4) is 0 Å². The Labute approximate surface area is 137 Å².